The molecule has 0 fully saturated rings. The van der Waals surface area contributed by atoms with Crippen molar-refractivity contribution in [3.63, 3.8) is 0 Å². The van der Waals surface area contributed by atoms with Crippen LogP contribution in [0.15, 0.2) is 53.0 Å². The third kappa shape index (κ3) is 3.90. The molecule has 0 radical (unpaired) electrons. The molecule has 25 heavy (non-hydrogen) atoms. The lowest BCUT2D eigenvalue weighted by atomic mass is 10.0. The van der Waals surface area contributed by atoms with Crippen molar-refractivity contribution in [2.24, 2.45) is 5.92 Å². The lowest BCUT2D eigenvalue weighted by Gasteiger charge is -2.12. The maximum atomic E-state index is 12.7. The summed E-state index contributed by atoms with van der Waals surface area (Å²) in [4.78, 5) is 17.4. The standard InChI is InChI=1S/C21H20BrNO2/c1-13(2)12-25-21(24)18-11-19(15-7-9-16(22)10-8-15)23-20-14(3)5-4-6-17(18)20/h4-11,13H,12H2,1-3H3. The highest BCUT2D eigenvalue weighted by atomic mass is 79.9. The molecule has 1 heterocycles. The number of pyridine rings is 1. The first-order chi connectivity index (χ1) is 12.0. The molecule has 0 bridgehead atoms. The Kier molecular flexibility index (Phi) is 5.19. The smallest absolute Gasteiger partial charge is 0.338 e. The minimum Gasteiger partial charge on any atom is -0.462 e. The maximum Gasteiger partial charge on any atom is 0.338 e. The zero-order chi connectivity index (χ0) is 18.0. The second kappa shape index (κ2) is 7.36. The number of benzene rings is 2. The van der Waals surface area contributed by atoms with Crippen LogP contribution in [-0.4, -0.2) is 17.6 Å². The fourth-order valence-corrected chi connectivity index (χ4v) is 2.91. The molecule has 2 aromatic carbocycles. The number of aromatic nitrogens is 1. The van der Waals surface area contributed by atoms with Gasteiger partial charge in [0, 0.05) is 15.4 Å². The third-order valence-electron chi connectivity index (χ3n) is 3.95. The molecule has 3 nitrogen and oxygen atoms in total. The second-order valence-electron chi connectivity index (χ2n) is 6.53. The molecule has 0 aliphatic heterocycles. The number of hydrogen-bond acceptors (Lipinski definition) is 3. The van der Waals surface area contributed by atoms with Gasteiger partial charge in [-0.15, -0.1) is 0 Å². The first kappa shape index (κ1) is 17.6. The van der Waals surface area contributed by atoms with Crippen LogP contribution in [0.1, 0.15) is 29.8 Å². The van der Waals surface area contributed by atoms with Crippen LogP contribution < -0.4 is 0 Å². The Morgan fingerprint density at radius 2 is 1.88 bits per heavy atom. The lowest BCUT2D eigenvalue weighted by Crippen LogP contribution is -2.11. The monoisotopic (exact) mass is 397 g/mol. The van der Waals surface area contributed by atoms with Crippen molar-refractivity contribution in [3.05, 3.63) is 64.1 Å². The Hall–Kier alpha value is -2.20. The number of fused-ring (bicyclic) bond motifs is 1. The van der Waals surface area contributed by atoms with Crippen LogP contribution in [-0.2, 0) is 4.74 Å². The van der Waals surface area contributed by atoms with Gasteiger partial charge in [0.2, 0.25) is 0 Å². The maximum absolute atomic E-state index is 12.7. The third-order valence-corrected chi connectivity index (χ3v) is 4.48. The minimum atomic E-state index is -0.301. The Bertz CT molecular complexity index is 917. The van der Waals surface area contributed by atoms with E-state index in [0.717, 1.165) is 32.2 Å². The van der Waals surface area contributed by atoms with Gasteiger partial charge in [0.15, 0.2) is 0 Å². The van der Waals surface area contributed by atoms with Crippen LogP contribution >= 0.6 is 15.9 Å². The molecule has 0 saturated carbocycles. The van der Waals surface area contributed by atoms with Crippen LogP contribution in [0.5, 0.6) is 0 Å². The Balaban J connectivity index is 2.15. The van der Waals surface area contributed by atoms with Crippen molar-refractivity contribution in [1.82, 2.24) is 4.98 Å². The summed E-state index contributed by atoms with van der Waals surface area (Å²) in [5, 5.41) is 0.828. The van der Waals surface area contributed by atoms with Crippen LogP contribution in [0.4, 0.5) is 0 Å². The molecule has 0 N–H and O–H groups in total. The van der Waals surface area contributed by atoms with E-state index in [9.17, 15) is 4.79 Å². The van der Waals surface area contributed by atoms with Crippen LogP contribution in [0, 0.1) is 12.8 Å². The van der Waals surface area contributed by atoms with Crippen LogP contribution in [0.3, 0.4) is 0 Å². The van der Waals surface area contributed by atoms with E-state index in [1.54, 1.807) is 0 Å². The Morgan fingerprint density at radius 3 is 2.56 bits per heavy atom. The van der Waals surface area contributed by atoms with E-state index in [2.05, 4.69) is 15.9 Å². The summed E-state index contributed by atoms with van der Waals surface area (Å²) in [5.74, 6) is -0.00482. The molecule has 0 atom stereocenters. The number of halogens is 1. The zero-order valence-corrected chi connectivity index (χ0v) is 16.1. The lowest BCUT2D eigenvalue weighted by molar-refractivity contribution is 0.0461. The molecule has 0 saturated heterocycles. The van der Waals surface area contributed by atoms with E-state index in [1.807, 2.05) is 69.3 Å². The summed E-state index contributed by atoms with van der Waals surface area (Å²) < 4.78 is 6.48. The summed E-state index contributed by atoms with van der Waals surface area (Å²) in [6.07, 6.45) is 0. The number of carbonyl (C=O) groups excluding carboxylic acids is 1. The van der Waals surface area contributed by atoms with E-state index in [-0.39, 0.29) is 5.97 Å². The molecule has 3 rings (SSSR count). The molecular weight excluding hydrogens is 378 g/mol. The zero-order valence-electron chi connectivity index (χ0n) is 14.5. The minimum absolute atomic E-state index is 0.296. The second-order valence-corrected chi connectivity index (χ2v) is 7.44. The number of nitrogens with zero attached hydrogens (tertiary/aromatic N) is 1. The molecule has 1 aromatic heterocycles. The summed E-state index contributed by atoms with van der Waals surface area (Å²) in [6.45, 7) is 6.46. The number of para-hydroxylation sites is 1. The number of ether oxygens (including phenoxy) is 1. The fourth-order valence-electron chi connectivity index (χ4n) is 2.65. The van der Waals surface area contributed by atoms with Gasteiger partial charge in [0.05, 0.1) is 23.4 Å². The van der Waals surface area contributed by atoms with Gasteiger partial charge in [-0.2, -0.15) is 0 Å². The van der Waals surface area contributed by atoms with E-state index >= 15 is 0 Å². The number of esters is 1. The van der Waals surface area contributed by atoms with Gasteiger partial charge < -0.3 is 4.74 Å². The van der Waals surface area contributed by atoms with E-state index in [4.69, 9.17) is 9.72 Å². The number of carbonyl (C=O) groups is 1. The van der Waals surface area contributed by atoms with Gasteiger partial charge >= 0.3 is 5.97 Å². The summed E-state index contributed by atoms with van der Waals surface area (Å²) >= 11 is 3.45. The van der Waals surface area contributed by atoms with Crippen molar-refractivity contribution in [1.29, 1.82) is 0 Å². The molecule has 3 aromatic rings. The number of aryl methyl sites for hydroxylation is 1. The largest absolute Gasteiger partial charge is 0.462 e. The van der Waals surface area contributed by atoms with Crippen LogP contribution in [0.2, 0.25) is 0 Å². The van der Waals surface area contributed by atoms with Gasteiger partial charge in [-0.1, -0.05) is 60.1 Å². The normalized spacial score (nSPS) is 11.1. The van der Waals surface area contributed by atoms with E-state index in [1.165, 1.54) is 0 Å². The summed E-state index contributed by atoms with van der Waals surface area (Å²) in [6, 6.07) is 15.6. The molecule has 0 spiro atoms. The topological polar surface area (TPSA) is 39.2 Å². The fraction of sp³-hybridized carbons (Fsp3) is 0.238. The highest BCUT2D eigenvalue weighted by molar-refractivity contribution is 9.10. The molecule has 0 aliphatic rings. The van der Waals surface area contributed by atoms with Crippen molar-refractivity contribution < 1.29 is 9.53 Å². The Labute approximate surface area is 156 Å². The predicted molar refractivity (Wildman–Crippen MR) is 105 cm³/mol. The molecule has 0 aliphatic carbocycles. The first-order valence-electron chi connectivity index (χ1n) is 8.29. The van der Waals surface area contributed by atoms with Crippen molar-refractivity contribution in [2.45, 2.75) is 20.8 Å². The van der Waals surface area contributed by atoms with Crippen molar-refractivity contribution in [3.8, 4) is 11.3 Å². The van der Waals surface area contributed by atoms with Crippen molar-refractivity contribution in [2.75, 3.05) is 6.61 Å². The molecule has 0 amide bonds. The van der Waals surface area contributed by atoms with Gasteiger partial charge in [0.25, 0.3) is 0 Å². The number of hydrogen-bond donors (Lipinski definition) is 0. The highest BCUT2D eigenvalue weighted by Crippen LogP contribution is 2.28. The summed E-state index contributed by atoms with van der Waals surface area (Å²) in [5.41, 5.74) is 4.16. The Morgan fingerprint density at radius 1 is 1.16 bits per heavy atom. The predicted octanol–water partition coefficient (Wildman–Crippen LogP) is 5.79. The average Bonchev–Trinajstić information content (AvgIpc) is 2.60. The molecule has 128 valence electrons. The van der Waals surface area contributed by atoms with E-state index in [0.29, 0.717) is 18.1 Å². The molecule has 4 heteroatoms. The van der Waals surface area contributed by atoms with E-state index < -0.39 is 0 Å². The van der Waals surface area contributed by atoms with Gasteiger partial charge in [-0.25, -0.2) is 9.78 Å². The number of rotatable bonds is 4. The molecule has 0 unspecified atom stereocenters. The quantitative estimate of drug-likeness (QED) is 0.523. The van der Waals surface area contributed by atoms with Gasteiger partial charge in [0.1, 0.15) is 0 Å². The SMILES string of the molecule is Cc1cccc2c(C(=O)OCC(C)C)cc(-c3ccc(Br)cc3)nc12. The van der Waals surface area contributed by atoms with Crippen molar-refractivity contribution >= 4 is 32.8 Å². The van der Waals surface area contributed by atoms with Gasteiger partial charge in [-0.05, 0) is 36.6 Å². The van der Waals surface area contributed by atoms with Crippen LogP contribution in [0.25, 0.3) is 22.2 Å². The highest BCUT2D eigenvalue weighted by Gasteiger charge is 2.16. The molecular formula is C21H20BrNO2. The van der Waals surface area contributed by atoms with Gasteiger partial charge in [-0.3, -0.25) is 0 Å². The average molecular weight is 398 g/mol. The first-order valence-corrected chi connectivity index (χ1v) is 9.08. The summed E-state index contributed by atoms with van der Waals surface area (Å²) in [7, 11) is 0.